The molecule has 0 atom stereocenters. The second-order valence-corrected chi connectivity index (χ2v) is 2.55. The number of nitrogens with one attached hydrogen (secondary N) is 1. The van der Waals surface area contributed by atoms with E-state index in [1.807, 2.05) is 41.2 Å². The quantitative estimate of drug-likeness (QED) is 0.645. The third-order valence-electron chi connectivity index (χ3n) is 1.62. The number of nitrogens with zero attached hydrogens (tertiary/aromatic N) is 2. The molecule has 2 rings (SSSR count). The number of benzene rings is 1. The van der Waals surface area contributed by atoms with Gasteiger partial charge in [-0.25, -0.2) is 5.43 Å². The molecular weight excluding hydrogens is 150 g/mol. The molecule has 60 valence electrons. The maximum atomic E-state index is 4.04. The Bertz CT molecular complexity index is 314. The number of aliphatic imine (C=N–C) groups is 1. The van der Waals surface area contributed by atoms with Crippen molar-refractivity contribution in [2.24, 2.45) is 4.99 Å². The minimum Gasteiger partial charge on any atom is -0.225 e. The first kappa shape index (κ1) is 7.03. The van der Waals surface area contributed by atoms with Crippen LogP contribution in [0, 0.1) is 0 Å². The molecule has 1 aromatic rings. The van der Waals surface area contributed by atoms with Gasteiger partial charge in [0.2, 0.25) is 0 Å². The van der Waals surface area contributed by atoms with Gasteiger partial charge in [-0.1, -0.05) is 23.2 Å². The highest BCUT2D eigenvalue weighted by atomic mass is 15.4. The smallest absolute Gasteiger partial charge is 0.225 e. The number of anilines is 1. The SMILES string of the molecule is C1=NCC=[N+]1Nc1ccccc1. The number of hydrazine groups is 1. The second kappa shape index (κ2) is 3.17. The maximum Gasteiger partial charge on any atom is 0.303 e. The van der Waals surface area contributed by atoms with Gasteiger partial charge >= 0.3 is 6.34 Å². The van der Waals surface area contributed by atoms with Crippen molar-refractivity contribution in [2.75, 3.05) is 12.0 Å². The Labute approximate surface area is 71.0 Å². The van der Waals surface area contributed by atoms with E-state index in [-0.39, 0.29) is 0 Å². The highest BCUT2D eigenvalue weighted by Gasteiger charge is 2.03. The van der Waals surface area contributed by atoms with Gasteiger partial charge in [-0.05, 0) is 12.1 Å². The summed E-state index contributed by atoms with van der Waals surface area (Å²) in [6, 6.07) is 10.0. The summed E-state index contributed by atoms with van der Waals surface area (Å²) in [6.45, 7) is 0.764. The summed E-state index contributed by atoms with van der Waals surface area (Å²) >= 11 is 0. The van der Waals surface area contributed by atoms with Crippen LogP contribution in [0.2, 0.25) is 0 Å². The zero-order chi connectivity index (χ0) is 8.23. The van der Waals surface area contributed by atoms with E-state index < -0.39 is 0 Å². The van der Waals surface area contributed by atoms with Crippen molar-refractivity contribution in [1.82, 2.24) is 0 Å². The van der Waals surface area contributed by atoms with Crippen LogP contribution in [-0.4, -0.2) is 23.8 Å². The molecule has 12 heavy (non-hydrogen) atoms. The number of hydrogen-bond acceptors (Lipinski definition) is 2. The molecule has 0 unspecified atom stereocenters. The topological polar surface area (TPSA) is 27.4 Å². The third kappa shape index (κ3) is 1.50. The van der Waals surface area contributed by atoms with Crippen LogP contribution in [-0.2, 0) is 0 Å². The Morgan fingerprint density at radius 3 is 2.75 bits per heavy atom. The Balaban J connectivity index is 2.09. The molecular formula is C9H10N3+. The highest BCUT2D eigenvalue weighted by Crippen LogP contribution is 2.04. The number of rotatable bonds is 2. The van der Waals surface area contributed by atoms with E-state index in [0.29, 0.717) is 0 Å². The Morgan fingerprint density at radius 1 is 1.25 bits per heavy atom. The largest absolute Gasteiger partial charge is 0.303 e. The molecule has 3 heteroatoms. The van der Waals surface area contributed by atoms with Gasteiger partial charge in [0.1, 0.15) is 6.21 Å². The summed E-state index contributed by atoms with van der Waals surface area (Å²) in [5, 5.41) is 0. The molecule has 0 spiro atoms. The normalized spacial score (nSPS) is 14.5. The van der Waals surface area contributed by atoms with Crippen molar-refractivity contribution in [1.29, 1.82) is 0 Å². The third-order valence-corrected chi connectivity index (χ3v) is 1.62. The van der Waals surface area contributed by atoms with Gasteiger partial charge < -0.3 is 0 Å². The van der Waals surface area contributed by atoms with Gasteiger partial charge in [-0.2, -0.15) is 0 Å². The summed E-state index contributed by atoms with van der Waals surface area (Å²) in [5.41, 5.74) is 4.24. The Morgan fingerprint density at radius 2 is 2.08 bits per heavy atom. The Hall–Kier alpha value is -1.64. The fourth-order valence-electron chi connectivity index (χ4n) is 1.05. The van der Waals surface area contributed by atoms with Gasteiger partial charge in [0.05, 0.1) is 5.69 Å². The first-order valence-electron chi connectivity index (χ1n) is 3.88. The summed E-state index contributed by atoms with van der Waals surface area (Å²) in [6.07, 6.45) is 3.75. The monoisotopic (exact) mass is 160 g/mol. The zero-order valence-electron chi connectivity index (χ0n) is 6.64. The zero-order valence-corrected chi connectivity index (χ0v) is 6.64. The molecule has 0 bridgehead atoms. The minimum absolute atomic E-state index is 0.764. The first-order chi connectivity index (χ1) is 5.95. The van der Waals surface area contributed by atoms with Crippen molar-refractivity contribution in [3.05, 3.63) is 30.3 Å². The summed E-state index contributed by atoms with van der Waals surface area (Å²) in [7, 11) is 0. The lowest BCUT2D eigenvalue weighted by atomic mass is 10.3. The molecule has 1 aromatic carbocycles. The molecule has 1 N–H and O–H groups in total. The van der Waals surface area contributed by atoms with Crippen LogP contribution in [0.25, 0.3) is 0 Å². The van der Waals surface area contributed by atoms with Crippen LogP contribution in [0.5, 0.6) is 0 Å². The van der Waals surface area contributed by atoms with E-state index in [1.54, 1.807) is 6.34 Å². The molecule has 0 aromatic heterocycles. The predicted molar refractivity (Wildman–Crippen MR) is 49.7 cm³/mol. The fraction of sp³-hybridized carbons (Fsp3) is 0.111. The van der Waals surface area contributed by atoms with Crippen molar-refractivity contribution in [2.45, 2.75) is 0 Å². The van der Waals surface area contributed by atoms with Crippen LogP contribution in [0.4, 0.5) is 5.69 Å². The fourth-order valence-corrected chi connectivity index (χ4v) is 1.05. The molecule has 1 heterocycles. The average Bonchev–Trinajstić information content (AvgIpc) is 2.59. The van der Waals surface area contributed by atoms with Crippen LogP contribution in [0.15, 0.2) is 35.3 Å². The summed E-state index contributed by atoms with van der Waals surface area (Å²) < 4.78 is 1.86. The van der Waals surface area contributed by atoms with Crippen LogP contribution >= 0.6 is 0 Å². The van der Waals surface area contributed by atoms with E-state index in [1.165, 1.54) is 0 Å². The standard InChI is InChI=1S/C9H10N3/c1-2-4-9(5-3-1)11-12-7-6-10-8-12/h1-5,7-8,11H,6H2/q+1. The molecule has 1 aliphatic rings. The number of para-hydroxylation sites is 1. The molecule has 3 nitrogen and oxygen atoms in total. The molecule has 0 saturated carbocycles. The lowest BCUT2D eigenvalue weighted by Gasteiger charge is -2.00. The van der Waals surface area contributed by atoms with Gasteiger partial charge in [-0.15, -0.1) is 4.68 Å². The van der Waals surface area contributed by atoms with Crippen molar-refractivity contribution >= 4 is 18.2 Å². The number of hydrazone groups is 1. The van der Waals surface area contributed by atoms with Crippen LogP contribution < -0.4 is 5.43 Å². The average molecular weight is 160 g/mol. The van der Waals surface area contributed by atoms with Gasteiger partial charge in [0.15, 0.2) is 6.54 Å². The molecule has 0 saturated heterocycles. The molecule has 0 radical (unpaired) electrons. The van der Waals surface area contributed by atoms with Crippen LogP contribution in [0.3, 0.4) is 0 Å². The van der Waals surface area contributed by atoms with E-state index in [9.17, 15) is 0 Å². The van der Waals surface area contributed by atoms with Crippen LogP contribution in [0.1, 0.15) is 0 Å². The van der Waals surface area contributed by atoms with E-state index in [2.05, 4.69) is 10.4 Å². The Kier molecular flexibility index (Phi) is 1.86. The molecule has 0 fully saturated rings. The molecule has 1 aliphatic heterocycles. The van der Waals surface area contributed by atoms with E-state index in [4.69, 9.17) is 0 Å². The predicted octanol–water partition coefficient (Wildman–Crippen LogP) is 1.14. The summed E-state index contributed by atoms with van der Waals surface area (Å²) in [4.78, 5) is 4.04. The van der Waals surface area contributed by atoms with E-state index in [0.717, 1.165) is 12.2 Å². The first-order valence-corrected chi connectivity index (χ1v) is 3.88. The minimum atomic E-state index is 0.764. The highest BCUT2D eigenvalue weighted by molar-refractivity contribution is 5.68. The lowest BCUT2D eigenvalue weighted by molar-refractivity contribution is -0.351. The lowest BCUT2D eigenvalue weighted by Crippen LogP contribution is -2.15. The van der Waals surface area contributed by atoms with Gasteiger partial charge in [-0.3, -0.25) is 0 Å². The number of hydrogen-bond donors (Lipinski definition) is 1. The van der Waals surface area contributed by atoms with Gasteiger partial charge in [0, 0.05) is 0 Å². The van der Waals surface area contributed by atoms with Gasteiger partial charge in [0.25, 0.3) is 0 Å². The molecule has 0 aliphatic carbocycles. The van der Waals surface area contributed by atoms with E-state index >= 15 is 0 Å². The van der Waals surface area contributed by atoms with Crippen molar-refractivity contribution in [3.8, 4) is 0 Å². The molecule has 0 amide bonds. The van der Waals surface area contributed by atoms with Crippen molar-refractivity contribution < 1.29 is 4.68 Å². The summed E-state index contributed by atoms with van der Waals surface area (Å²) in [5.74, 6) is 0. The second-order valence-electron chi connectivity index (χ2n) is 2.55. The van der Waals surface area contributed by atoms with Crippen molar-refractivity contribution in [3.63, 3.8) is 0 Å². The maximum absolute atomic E-state index is 4.04.